The SMILES string of the molecule is CCP(=O)(OC)OC(C)C(=O)O[Si](C)(C)C. The topological polar surface area (TPSA) is 61.8 Å². The summed E-state index contributed by atoms with van der Waals surface area (Å²) in [6, 6.07) is 0. The standard InChI is InChI=1S/C9H21O5PSi/c1-7-15(11,12-3)13-8(2)9(10)14-16(4,5)6/h8H,7H2,1-6H3. The first-order valence-electron chi connectivity index (χ1n) is 5.19. The van der Waals surface area contributed by atoms with Crippen LogP contribution in [0, 0.1) is 0 Å². The third-order valence-corrected chi connectivity index (χ3v) is 4.50. The number of hydrogen-bond donors (Lipinski definition) is 0. The van der Waals surface area contributed by atoms with E-state index in [1.165, 1.54) is 14.0 Å². The van der Waals surface area contributed by atoms with Crippen LogP contribution >= 0.6 is 7.60 Å². The summed E-state index contributed by atoms with van der Waals surface area (Å²) in [5.41, 5.74) is 0. The molecule has 2 unspecified atom stereocenters. The zero-order chi connectivity index (χ0) is 13.0. The van der Waals surface area contributed by atoms with Gasteiger partial charge in [-0.15, -0.1) is 0 Å². The molecule has 0 amide bonds. The second-order valence-corrected chi connectivity index (χ2v) is 11.2. The molecule has 7 heteroatoms. The van der Waals surface area contributed by atoms with Crippen molar-refractivity contribution in [1.82, 2.24) is 0 Å². The Morgan fingerprint density at radius 3 is 2.19 bits per heavy atom. The number of hydrogen-bond acceptors (Lipinski definition) is 5. The molecule has 0 bridgehead atoms. The van der Waals surface area contributed by atoms with Gasteiger partial charge in [0.25, 0.3) is 0 Å². The lowest BCUT2D eigenvalue weighted by Gasteiger charge is -2.23. The predicted molar refractivity (Wildman–Crippen MR) is 65.1 cm³/mol. The maximum atomic E-state index is 11.8. The smallest absolute Gasteiger partial charge is 0.330 e. The van der Waals surface area contributed by atoms with Crippen molar-refractivity contribution in [3.63, 3.8) is 0 Å². The largest absolute Gasteiger partial charge is 0.518 e. The molecule has 0 saturated heterocycles. The van der Waals surface area contributed by atoms with Gasteiger partial charge in [-0.05, 0) is 26.6 Å². The van der Waals surface area contributed by atoms with Gasteiger partial charge in [-0.1, -0.05) is 6.92 Å². The summed E-state index contributed by atoms with van der Waals surface area (Å²) in [6.07, 6.45) is -0.633. The van der Waals surface area contributed by atoms with Crippen LogP contribution in [0.5, 0.6) is 0 Å². The number of carbonyl (C=O) groups excluding carboxylic acids is 1. The van der Waals surface area contributed by atoms with Crippen molar-refractivity contribution < 1.29 is 22.8 Å². The van der Waals surface area contributed by atoms with Crippen molar-refractivity contribution in [2.45, 2.75) is 39.6 Å². The number of rotatable bonds is 6. The fraction of sp³-hybridized carbons (Fsp3) is 0.889. The Morgan fingerprint density at radius 2 is 1.88 bits per heavy atom. The molecule has 5 nitrogen and oxygen atoms in total. The third-order valence-electron chi connectivity index (χ3n) is 1.72. The van der Waals surface area contributed by atoms with Gasteiger partial charge >= 0.3 is 13.6 Å². The van der Waals surface area contributed by atoms with E-state index in [0.717, 1.165) is 0 Å². The van der Waals surface area contributed by atoms with Gasteiger partial charge in [-0.3, -0.25) is 13.9 Å². The Balaban J connectivity index is 4.42. The molecular weight excluding hydrogens is 247 g/mol. The van der Waals surface area contributed by atoms with E-state index in [1.54, 1.807) is 6.92 Å². The minimum absolute atomic E-state index is 0.230. The van der Waals surface area contributed by atoms with Crippen LogP contribution in [0.4, 0.5) is 0 Å². The van der Waals surface area contributed by atoms with Crippen molar-refractivity contribution in [3.8, 4) is 0 Å². The van der Waals surface area contributed by atoms with E-state index in [2.05, 4.69) is 0 Å². The Labute approximate surface area is 98.1 Å². The van der Waals surface area contributed by atoms with Crippen molar-refractivity contribution >= 4 is 21.9 Å². The zero-order valence-electron chi connectivity index (χ0n) is 10.8. The van der Waals surface area contributed by atoms with Gasteiger partial charge in [0.1, 0.15) is 0 Å². The zero-order valence-corrected chi connectivity index (χ0v) is 12.7. The summed E-state index contributed by atoms with van der Waals surface area (Å²) in [6.45, 7) is 8.89. The van der Waals surface area contributed by atoms with Crippen molar-refractivity contribution in [3.05, 3.63) is 0 Å². The van der Waals surface area contributed by atoms with E-state index in [-0.39, 0.29) is 6.16 Å². The molecule has 0 fully saturated rings. The molecule has 0 aliphatic carbocycles. The summed E-state index contributed by atoms with van der Waals surface area (Å²) in [7, 11) is -3.77. The van der Waals surface area contributed by atoms with Crippen molar-refractivity contribution in [1.29, 1.82) is 0 Å². The highest BCUT2D eigenvalue weighted by atomic mass is 31.2. The van der Waals surface area contributed by atoms with Gasteiger partial charge in [-0.2, -0.15) is 0 Å². The average Bonchev–Trinajstić information content (AvgIpc) is 2.15. The van der Waals surface area contributed by atoms with Gasteiger partial charge in [0.2, 0.25) is 8.32 Å². The minimum atomic E-state index is -3.14. The summed E-state index contributed by atoms with van der Waals surface area (Å²) < 4.78 is 26.9. The molecule has 0 heterocycles. The maximum Gasteiger partial charge on any atom is 0.330 e. The Morgan fingerprint density at radius 1 is 1.38 bits per heavy atom. The van der Waals surface area contributed by atoms with Crippen LogP contribution < -0.4 is 0 Å². The van der Waals surface area contributed by atoms with E-state index < -0.39 is 28.0 Å². The molecule has 2 atom stereocenters. The maximum absolute atomic E-state index is 11.8. The average molecular weight is 268 g/mol. The third kappa shape index (κ3) is 5.79. The van der Waals surface area contributed by atoms with Crippen LogP contribution in [-0.4, -0.2) is 33.7 Å². The first kappa shape index (κ1) is 15.8. The molecule has 0 aromatic rings. The normalized spacial score (nSPS) is 17.6. The predicted octanol–water partition coefficient (Wildman–Crippen LogP) is 2.63. The van der Waals surface area contributed by atoms with Gasteiger partial charge in [0.15, 0.2) is 6.10 Å². The lowest BCUT2D eigenvalue weighted by molar-refractivity contribution is -0.142. The monoisotopic (exact) mass is 268 g/mol. The van der Waals surface area contributed by atoms with E-state index in [1.807, 2.05) is 19.6 Å². The summed E-state index contributed by atoms with van der Waals surface area (Å²) in [5, 5.41) is 0. The lowest BCUT2D eigenvalue weighted by Crippen LogP contribution is -2.35. The van der Waals surface area contributed by atoms with E-state index >= 15 is 0 Å². The van der Waals surface area contributed by atoms with E-state index in [0.29, 0.717) is 0 Å². The van der Waals surface area contributed by atoms with Crippen LogP contribution in [-0.2, 0) is 22.8 Å². The highest BCUT2D eigenvalue weighted by Crippen LogP contribution is 2.47. The van der Waals surface area contributed by atoms with Crippen molar-refractivity contribution in [2.24, 2.45) is 0 Å². The van der Waals surface area contributed by atoms with Crippen molar-refractivity contribution in [2.75, 3.05) is 13.3 Å². The Hall–Kier alpha value is -0.163. The second kappa shape index (κ2) is 5.96. The first-order chi connectivity index (χ1) is 7.13. The van der Waals surface area contributed by atoms with Crippen LogP contribution in [0.3, 0.4) is 0 Å². The fourth-order valence-electron chi connectivity index (χ4n) is 0.915. The van der Waals surface area contributed by atoms with Gasteiger partial charge < -0.3 is 8.95 Å². The van der Waals surface area contributed by atoms with Gasteiger partial charge in [-0.25, -0.2) is 0 Å². The van der Waals surface area contributed by atoms with Crippen LogP contribution in [0.15, 0.2) is 0 Å². The number of carbonyl (C=O) groups is 1. The molecule has 0 aliphatic heterocycles. The van der Waals surface area contributed by atoms with Gasteiger partial charge in [0, 0.05) is 13.3 Å². The molecule has 0 aromatic heterocycles. The molecule has 0 N–H and O–H groups in total. The molecule has 0 aliphatic rings. The summed E-state index contributed by atoms with van der Waals surface area (Å²) >= 11 is 0. The quantitative estimate of drug-likeness (QED) is 0.547. The molecule has 0 radical (unpaired) electrons. The molecular formula is C9H21O5PSi. The first-order valence-corrected chi connectivity index (χ1v) is 10.3. The van der Waals surface area contributed by atoms with Crippen LogP contribution in [0.1, 0.15) is 13.8 Å². The second-order valence-electron chi connectivity index (χ2n) is 4.39. The summed E-state index contributed by atoms with van der Waals surface area (Å²) in [4.78, 5) is 11.6. The molecule has 96 valence electrons. The molecule has 0 aromatic carbocycles. The summed E-state index contributed by atoms with van der Waals surface area (Å²) in [5.74, 6) is -0.482. The van der Waals surface area contributed by atoms with E-state index in [4.69, 9.17) is 13.5 Å². The van der Waals surface area contributed by atoms with Gasteiger partial charge in [0.05, 0.1) is 0 Å². The minimum Gasteiger partial charge on any atom is -0.518 e. The van der Waals surface area contributed by atoms with Crippen LogP contribution in [0.2, 0.25) is 19.6 Å². The highest BCUT2D eigenvalue weighted by molar-refractivity contribution is 7.53. The van der Waals surface area contributed by atoms with E-state index in [9.17, 15) is 9.36 Å². The Bertz CT molecular complexity index is 278. The Kier molecular flexibility index (Phi) is 5.90. The molecule has 0 saturated carbocycles. The molecule has 0 rings (SSSR count). The van der Waals surface area contributed by atoms with Crippen LogP contribution in [0.25, 0.3) is 0 Å². The molecule has 0 spiro atoms. The fourth-order valence-corrected chi connectivity index (χ4v) is 2.75. The lowest BCUT2D eigenvalue weighted by atomic mass is 10.4. The molecule has 16 heavy (non-hydrogen) atoms. The highest BCUT2D eigenvalue weighted by Gasteiger charge is 2.30.